The second kappa shape index (κ2) is 8.03. The van der Waals surface area contributed by atoms with E-state index in [2.05, 4.69) is 20.6 Å². The van der Waals surface area contributed by atoms with Gasteiger partial charge in [-0.15, -0.1) is 10.2 Å². The van der Waals surface area contributed by atoms with E-state index in [1.54, 1.807) is 9.58 Å². The van der Waals surface area contributed by atoms with E-state index < -0.39 is 5.91 Å². The Bertz CT molecular complexity index is 1170. The van der Waals surface area contributed by atoms with Crippen LogP contribution in [-0.2, 0) is 19.7 Å². The third-order valence-electron chi connectivity index (χ3n) is 5.40. The van der Waals surface area contributed by atoms with Crippen LogP contribution in [0, 0.1) is 0 Å². The molecule has 2 aliphatic rings. The summed E-state index contributed by atoms with van der Waals surface area (Å²) in [7, 11) is 0. The number of fused-ring (bicyclic) bond motifs is 1. The Hall–Kier alpha value is -2.82. The van der Waals surface area contributed by atoms with Crippen LogP contribution >= 0.6 is 22.9 Å². The summed E-state index contributed by atoms with van der Waals surface area (Å²) in [6, 6.07) is 7.47. The molecule has 2 N–H and O–H groups in total. The molecule has 1 fully saturated rings. The molecule has 3 aromatic rings. The number of rotatable bonds is 6. The van der Waals surface area contributed by atoms with Gasteiger partial charge >= 0.3 is 0 Å². The van der Waals surface area contributed by atoms with Crippen LogP contribution in [0.4, 0.5) is 5.13 Å². The van der Waals surface area contributed by atoms with Gasteiger partial charge < -0.3 is 10.0 Å². The number of aliphatic hydroxyl groups excluding tert-OH is 1. The van der Waals surface area contributed by atoms with Crippen LogP contribution in [0.2, 0.25) is 5.02 Å². The van der Waals surface area contributed by atoms with E-state index in [0.717, 1.165) is 29.7 Å². The fourth-order valence-corrected chi connectivity index (χ4v) is 4.55. The van der Waals surface area contributed by atoms with Crippen molar-refractivity contribution in [1.82, 2.24) is 24.9 Å². The normalized spacial score (nSPS) is 15.8. The Morgan fingerprint density at radius 1 is 1.26 bits per heavy atom. The molecule has 31 heavy (non-hydrogen) atoms. The average Bonchev–Trinajstić information content (AvgIpc) is 3.37. The van der Waals surface area contributed by atoms with Crippen molar-refractivity contribution in [2.75, 3.05) is 11.9 Å². The van der Waals surface area contributed by atoms with E-state index >= 15 is 0 Å². The van der Waals surface area contributed by atoms with Crippen LogP contribution in [0.5, 0.6) is 0 Å². The molecule has 0 unspecified atom stereocenters. The first kappa shape index (κ1) is 20.1. The third kappa shape index (κ3) is 3.82. The Labute approximate surface area is 186 Å². The first-order chi connectivity index (χ1) is 15.0. The minimum Gasteiger partial charge on any atom is -0.389 e. The molecule has 3 heterocycles. The van der Waals surface area contributed by atoms with Crippen LogP contribution in [0.1, 0.15) is 55.9 Å². The Morgan fingerprint density at radius 2 is 2.06 bits per heavy atom. The lowest BCUT2D eigenvalue weighted by atomic mass is 10.0. The smallest absolute Gasteiger partial charge is 0.278 e. The van der Waals surface area contributed by atoms with E-state index in [-0.39, 0.29) is 29.3 Å². The van der Waals surface area contributed by atoms with Crippen LogP contribution < -0.4 is 5.32 Å². The van der Waals surface area contributed by atoms with Crippen molar-refractivity contribution in [2.45, 2.75) is 38.5 Å². The summed E-state index contributed by atoms with van der Waals surface area (Å²) in [6.07, 6.45) is 1.84. The highest BCUT2D eigenvalue weighted by molar-refractivity contribution is 7.15. The van der Waals surface area contributed by atoms with E-state index in [1.165, 1.54) is 0 Å². The van der Waals surface area contributed by atoms with Gasteiger partial charge in [-0.05, 0) is 30.4 Å². The maximum atomic E-state index is 13.4. The number of benzene rings is 1. The van der Waals surface area contributed by atoms with Gasteiger partial charge in [-0.1, -0.05) is 41.1 Å². The Balaban J connectivity index is 1.44. The molecule has 9 nitrogen and oxygen atoms in total. The lowest BCUT2D eigenvalue weighted by molar-refractivity contribution is 0.0682. The van der Waals surface area contributed by atoms with Crippen molar-refractivity contribution in [2.24, 2.45) is 0 Å². The fourth-order valence-electron chi connectivity index (χ4n) is 3.76. The van der Waals surface area contributed by atoms with E-state index in [0.29, 0.717) is 40.9 Å². The highest BCUT2D eigenvalue weighted by atomic mass is 35.5. The number of anilines is 1. The minimum absolute atomic E-state index is 0.141. The van der Waals surface area contributed by atoms with E-state index in [9.17, 15) is 9.59 Å². The molecule has 11 heteroatoms. The first-order valence-corrected chi connectivity index (χ1v) is 11.1. The average molecular weight is 459 g/mol. The van der Waals surface area contributed by atoms with Gasteiger partial charge in [0.25, 0.3) is 11.8 Å². The molecule has 1 aliphatic heterocycles. The Kier molecular flexibility index (Phi) is 5.20. The molecule has 160 valence electrons. The molecule has 0 spiro atoms. The van der Waals surface area contributed by atoms with E-state index in [1.807, 2.05) is 24.3 Å². The number of halogens is 1. The summed E-state index contributed by atoms with van der Waals surface area (Å²) in [4.78, 5) is 28.1. The standard InChI is InChI=1S/C20H19ClN6O3S/c21-13-4-2-1-3-12(13)9-26-7-8-27-17(19(26)30)15(11-5-6-11)16(25-27)18(29)22-20-24-23-14(10-28)31-20/h1-4,11,28H,5-10H2,(H,22,24,29). The quantitative estimate of drug-likeness (QED) is 0.587. The molecule has 1 aromatic carbocycles. The number of nitrogens with one attached hydrogen (secondary N) is 1. The molecule has 0 atom stereocenters. The highest BCUT2D eigenvalue weighted by Gasteiger charge is 2.40. The molecular weight excluding hydrogens is 440 g/mol. The summed E-state index contributed by atoms with van der Waals surface area (Å²) < 4.78 is 1.65. The summed E-state index contributed by atoms with van der Waals surface area (Å²) in [5, 5.41) is 25.3. The highest BCUT2D eigenvalue weighted by Crippen LogP contribution is 2.44. The molecular formula is C20H19ClN6O3S. The first-order valence-electron chi connectivity index (χ1n) is 9.93. The second-order valence-electron chi connectivity index (χ2n) is 7.54. The molecule has 2 aromatic heterocycles. The van der Waals surface area contributed by atoms with Gasteiger partial charge in [-0.25, -0.2) is 0 Å². The number of aliphatic hydroxyl groups is 1. The summed E-state index contributed by atoms with van der Waals surface area (Å²) in [5.41, 5.74) is 2.33. The number of nitrogens with zero attached hydrogens (tertiary/aromatic N) is 5. The predicted octanol–water partition coefficient (Wildman–Crippen LogP) is 2.67. The van der Waals surface area contributed by atoms with Gasteiger partial charge in [0.2, 0.25) is 5.13 Å². The lowest BCUT2D eigenvalue weighted by Crippen LogP contribution is -2.40. The van der Waals surface area contributed by atoms with Crippen molar-refractivity contribution in [1.29, 1.82) is 0 Å². The van der Waals surface area contributed by atoms with Gasteiger partial charge in [-0.3, -0.25) is 19.6 Å². The largest absolute Gasteiger partial charge is 0.389 e. The number of carbonyl (C=O) groups is 2. The van der Waals surface area contributed by atoms with Gasteiger partial charge in [0.15, 0.2) is 5.69 Å². The molecule has 0 saturated heterocycles. The number of hydrogen-bond donors (Lipinski definition) is 2. The van der Waals surface area contributed by atoms with Crippen LogP contribution in [0.3, 0.4) is 0 Å². The zero-order valence-corrected chi connectivity index (χ0v) is 18.0. The molecule has 2 amide bonds. The van der Waals surface area contributed by atoms with Crippen LogP contribution in [-0.4, -0.2) is 48.3 Å². The zero-order valence-electron chi connectivity index (χ0n) is 16.4. The van der Waals surface area contributed by atoms with Crippen LogP contribution in [0.25, 0.3) is 0 Å². The van der Waals surface area contributed by atoms with Crippen molar-refractivity contribution in [3.63, 3.8) is 0 Å². The van der Waals surface area contributed by atoms with E-state index in [4.69, 9.17) is 16.7 Å². The summed E-state index contributed by atoms with van der Waals surface area (Å²) in [6.45, 7) is 1.16. The minimum atomic E-state index is -0.421. The number of hydrogen-bond acceptors (Lipinski definition) is 7. The monoisotopic (exact) mass is 458 g/mol. The summed E-state index contributed by atoms with van der Waals surface area (Å²) in [5.74, 6) is -0.413. The van der Waals surface area contributed by atoms with Gasteiger partial charge in [0.05, 0.1) is 13.2 Å². The van der Waals surface area contributed by atoms with Crippen molar-refractivity contribution in [3.8, 4) is 0 Å². The second-order valence-corrected chi connectivity index (χ2v) is 9.01. The Morgan fingerprint density at radius 3 is 2.77 bits per heavy atom. The molecule has 1 aliphatic carbocycles. The van der Waals surface area contributed by atoms with Gasteiger partial charge in [0.1, 0.15) is 10.7 Å². The van der Waals surface area contributed by atoms with Crippen molar-refractivity contribution in [3.05, 3.63) is 56.8 Å². The lowest BCUT2D eigenvalue weighted by Gasteiger charge is -2.28. The zero-order chi connectivity index (χ0) is 21.5. The number of carbonyl (C=O) groups excluding carboxylic acids is 2. The summed E-state index contributed by atoms with van der Waals surface area (Å²) >= 11 is 7.38. The molecule has 5 rings (SSSR count). The topological polar surface area (TPSA) is 113 Å². The van der Waals surface area contributed by atoms with Gasteiger partial charge in [-0.2, -0.15) is 5.10 Å². The maximum Gasteiger partial charge on any atom is 0.278 e. The molecule has 0 radical (unpaired) electrons. The van der Waals surface area contributed by atoms with Crippen molar-refractivity contribution < 1.29 is 14.7 Å². The van der Waals surface area contributed by atoms with Crippen molar-refractivity contribution >= 4 is 39.9 Å². The predicted molar refractivity (Wildman–Crippen MR) is 114 cm³/mol. The fraction of sp³-hybridized carbons (Fsp3) is 0.350. The number of aromatic nitrogens is 4. The number of amides is 2. The maximum absolute atomic E-state index is 13.4. The van der Waals surface area contributed by atoms with Crippen LogP contribution in [0.15, 0.2) is 24.3 Å². The molecule has 0 bridgehead atoms. The third-order valence-corrected chi connectivity index (χ3v) is 6.60. The SMILES string of the molecule is O=C(Nc1nnc(CO)s1)c1nn2c(c1C1CC1)C(=O)N(Cc1ccccc1Cl)CC2. The molecule has 1 saturated carbocycles. The van der Waals surface area contributed by atoms with Gasteiger partial charge in [0, 0.05) is 23.7 Å².